The summed E-state index contributed by atoms with van der Waals surface area (Å²) in [6, 6.07) is 0. The Labute approximate surface area is 182 Å². The van der Waals surface area contributed by atoms with Gasteiger partial charge in [-0.15, -0.1) is 0 Å². The SMILES string of the molecule is CCCCCCCCC(O)CCCCCCCCCC(CCCCC)S(=O)(=O)O. The van der Waals surface area contributed by atoms with Gasteiger partial charge >= 0.3 is 0 Å². The summed E-state index contributed by atoms with van der Waals surface area (Å²) in [6.07, 6.45) is 21.3. The minimum Gasteiger partial charge on any atom is -0.393 e. The lowest BCUT2D eigenvalue weighted by Gasteiger charge is -2.13. The van der Waals surface area contributed by atoms with Crippen molar-refractivity contribution in [2.24, 2.45) is 0 Å². The molecular formula is C24H50O4S. The molecule has 4 nitrogen and oxygen atoms in total. The Balaban J connectivity index is 3.53. The Kier molecular flexibility index (Phi) is 19.7. The van der Waals surface area contributed by atoms with Gasteiger partial charge in [0.25, 0.3) is 10.1 Å². The molecule has 0 heterocycles. The van der Waals surface area contributed by atoms with Crippen LogP contribution in [0, 0.1) is 0 Å². The van der Waals surface area contributed by atoms with Gasteiger partial charge in [-0.3, -0.25) is 4.55 Å². The molecule has 0 bridgehead atoms. The highest BCUT2D eigenvalue weighted by Crippen LogP contribution is 2.19. The molecule has 0 amide bonds. The van der Waals surface area contributed by atoms with Crippen molar-refractivity contribution in [2.45, 2.75) is 154 Å². The fraction of sp³-hybridized carbons (Fsp3) is 1.00. The summed E-state index contributed by atoms with van der Waals surface area (Å²) in [5.41, 5.74) is 0. The van der Waals surface area contributed by atoms with Crippen molar-refractivity contribution < 1.29 is 18.1 Å². The van der Waals surface area contributed by atoms with Gasteiger partial charge in [0.05, 0.1) is 11.4 Å². The molecule has 0 saturated heterocycles. The molecule has 5 heteroatoms. The van der Waals surface area contributed by atoms with Gasteiger partial charge in [0, 0.05) is 0 Å². The molecule has 0 aliphatic rings. The lowest BCUT2D eigenvalue weighted by atomic mass is 10.0. The normalized spacial score (nSPS) is 14.2. The Bertz CT molecular complexity index is 436. The molecule has 2 unspecified atom stereocenters. The van der Waals surface area contributed by atoms with Crippen molar-refractivity contribution in [1.29, 1.82) is 0 Å². The molecule has 0 aromatic heterocycles. The summed E-state index contributed by atoms with van der Waals surface area (Å²) in [4.78, 5) is 0. The topological polar surface area (TPSA) is 74.6 Å². The van der Waals surface area contributed by atoms with E-state index < -0.39 is 15.4 Å². The van der Waals surface area contributed by atoms with Gasteiger partial charge < -0.3 is 5.11 Å². The lowest BCUT2D eigenvalue weighted by molar-refractivity contribution is 0.147. The predicted molar refractivity (Wildman–Crippen MR) is 125 cm³/mol. The fourth-order valence-electron chi connectivity index (χ4n) is 4.00. The van der Waals surface area contributed by atoms with Crippen molar-refractivity contribution in [3.63, 3.8) is 0 Å². The molecule has 2 N–H and O–H groups in total. The van der Waals surface area contributed by atoms with Crippen LogP contribution in [-0.2, 0) is 10.1 Å². The zero-order chi connectivity index (χ0) is 21.8. The molecular weight excluding hydrogens is 384 g/mol. The molecule has 0 rings (SSSR count). The second-order valence-electron chi connectivity index (χ2n) is 8.90. The van der Waals surface area contributed by atoms with E-state index in [1.165, 1.54) is 51.4 Å². The second-order valence-corrected chi connectivity index (χ2v) is 10.6. The maximum atomic E-state index is 11.5. The van der Waals surface area contributed by atoms with Crippen LogP contribution in [0.5, 0.6) is 0 Å². The van der Waals surface area contributed by atoms with Gasteiger partial charge in [0.15, 0.2) is 0 Å². The number of unbranched alkanes of at least 4 members (excludes halogenated alkanes) is 13. The molecule has 29 heavy (non-hydrogen) atoms. The quantitative estimate of drug-likeness (QED) is 0.137. The summed E-state index contributed by atoms with van der Waals surface area (Å²) >= 11 is 0. The first-order valence-corrected chi connectivity index (χ1v) is 14.1. The first-order chi connectivity index (χ1) is 13.9. The van der Waals surface area contributed by atoms with Crippen LogP contribution in [0.15, 0.2) is 0 Å². The Morgan fingerprint density at radius 3 is 1.28 bits per heavy atom. The largest absolute Gasteiger partial charge is 0.393 e. The van der Waals surface area contributed by atoms with Crippen LogP contribution in [0.2, 0.25) is 0 Å². The Hall–Kier alpha value is -0.130. The second kappa shape index (κ2) is 19.8. The van der Waals surface area contributed by atoms with Gasteiger partial charge in [-0.25, -0.2) is 0 Å². The third-order valence-corrected chi connectivity index (χ3v) is 7.32. The number of rotatable bonds is 22. The van der Waals surface area contributed by atoms with E-state index in [0.717, 1.165) is 64.2 Å². The average molecular weight is 435 g/mol. The van der Waals surface area contributed by atoms with Crippen LogP contribution in [0.25, 0.3) is 0 Å². The van der Waals surface area contributed by atoms with Crippen molar-refractivity contribution in [3.8, 4) is 0 Å². The number of hydrogen-bond donors (Lipinski definition) is 2. The third-order valence-electron chi connectivity index (χ3n) is 6.01. The highest BCUT2D eigenvalue weighted by molar-refractivity contribution is 7.86. The monoisotopic (exact) mass is 434 g/mol. The van der Waals surface area contributed by atoms with Crippen molar-refractivity contribution in [1.82, 2.24) is 0 Å². The average Bonchev–Trinajstić information content (AvgIpc) is 2.67. The summed E-state index contributed by atoms with van der Waals surface area (Å²) in [6.45, 7) is 4.33. The van der Waals surface area contributed by atoms with E-state index in [9.17, 15) is 18.1 Å². The lowest BCUT2D eigenvalue weighted by Crippen LogP contribution is -2.20. The van der Waals surface area contributed by atoms with Crippen LogP contribution < -0.4 is 0 Å². The van der Waals surface area contributed by atoms with E-state index in [4.69, 9.17) is 0 Å². The van der Waals surface area contributed by atoms with Crippen LogP contribution >= 0.6 is 0 Å². The smallest absolute Gasteiger partial charge is 0.267 e. The van der Waals surface area contributed by atoms with E-state index in [2.05, 4.69) is 13.8 Å². The summed E-state index contributed by atoms with van der Waals surface area (Å²) in [5, 5.41) is 9.48. The van der Waals surface area contributed by atoms with Crippen molar-refractivity contribution >= 4 is 10.1 Å². The molecule has 0 saturated carbocycles. The first-order valence-electron chi connectivity index (χ1n) is 12.6. The van der Waals surface area contributed by atoms with Crippen LogP contribution in [0.4, 0.5) is 0 Å². The zero-order valence-electron chi connectivity index (χ0n) is 19.4. The molecule has 0 radical (unpaired) electrons. The summed E-state index contributed by atoms with van der Waals surface area (Å²) < 4.78 is 32.3. The van der Waals surface area contributed by atoms with E-state index in [1.54, 1.807) is 0 Å². The van der Waals surface area contributed by atoms with E-state index >= 15 is 0 Å². The fourth-order valence-corrected chi connectivity index (χ4v) is 4.93. The van der Waals surface area contributed by atoms with Crippen molar-refractivity contribution in [2.75, 3.05) is 0 Å². The third kappa shape index (κ3) is 19.6. The van der Waals surface area contributed by atoms with Gasteiger partial charge in [0.2, 0.25) is 0 Å². The first kappa shape index (κ1) is 28.9. The minimum atomic E-state index is -3.90. The highest BCUT2D eigenvalue weighted by Gasteiger charge is 2.21. The maximum absolute atomic E-state index is 11.5. The Morgan fingerprint density at radius 2 is 0.862 bits per heavy atom. The van der Waals surface area contributed by atoms with Gasteiger partial charge in [0.1, 0.15) is 0 Å². The summed E-state index contributed by atoms with van der Waals surface area (Å²) in [5.74, 6) is 0. The molecule has 176 valence electrons. The van der Waals surface area contributed by atoms with Crippen LogP contribution in [-0.4, -0.2) is 29.4 Å². The zero-order valence-corrected chi connectivity index (χ0v) is 20.2. The molecule has 0 aromatic carbocycles. The number of aliphatic hydroxyl groups is 1. The highest BCUT2D eigenvalue weighted by atomic mass is 32.2. The predicted octanol–water partition coefficient (Wildman–Crippen LogP) is 7.45. The number of aliphatic hydroxyl groups excluding tert-OH is 1. The van der Waals surface area contributed by atoms with Crippen LogP contribution in [0.3, 0.4) is 0 Å². The van der Waals surface area contributed by atoms with Crippen molar-refractivity contribution in [3.05, 3.63) is 0 Å². The van der Waals surface area contributed by atoms with Gasteiger partial charge in [-0.05, 0) is 25.7 Å². The van der Waals surface area contributed by atoms with Gasteiger partial charge in [-0.2, -0.15) is 8.42 Å². The van der Waals surface area contributed by atoms with E-state index in [-0.39, 0.29) is 6.10 Å². The maximum Gasteiger partial charge on any atom is 0.267 e. The molecule has 0 fully saturated rings. The number of hydrogen-bond acceptors (Lipinski definition) is 3. The van der Waals surface area contributed by atoms with E-state index in [0.29, 0.717) is 12.8 Å². The standard InChI is InChI=1S/C24H50O4S/c1-3-5-7-8-12-16-19-23(25)20-17-13-10-9-11-14-18-22-24(29(26,27)28)21-15-6-4-2/h23-25H,3-22H2,1-2H3,(H,26,27,28). The summed E-state index contributed by atoms with van der Waals surface area (Å²) in [7, 11) is -3.90. The van der Waals surface area contributed by atoms with E-state index in [1.807, 2.05) is 0 Å². The molecule has 2 atom stereocenters. The molecule has 0 aromatic rings. The Morgan fingerprint density at radius 1 is 0.552 bits per heavy atom. The molecule has 0 spiro atoms. The molecule has 0 aliphatic carbocycles. The van der Waals surface area contributed by atoms with Gasteiger partial charge in [-0.1, -0.05) is 117 Å². The van der Waals surface area contributed by atoms with Crippen LogP contribution in [0.1, 0.15) is 142 Å². The molecule has 0 aliphatic heterocycles. The minimum absolute atomic E-state index is 0.119.